The minimum atomic E-state index is -0.505. The summed E-state index contributed by atoms with van der Waals surface area (Å²) in [5, 5.41) is 2.77. The van der Waals surface area contributed by atoms with Crippen LogP contribution in [0.15, 0.2) is 18.5 Å². The van der Waals surface area contributed by atoms with Gasteiger partial charge >= 0.3 is 0 Å². The highest BCUT2D eigenvalue weighted by Crippen LogP contribution is 2.26. The normalized spacial score (nSPS) is 20.4. The third kappa shape index (κ3) is 2.75. The van der Waals surface area contributed by atoms with Crippen LogP contribution in [0, 0.1) is 12.3 Å². The molecular weight excluding hydrogens is 242 g/mol. The van der Waals surface area contributed by atoms with Gasteiger partial charge in [-0.15, -0.1) is 0 Å². The molecule has 2 rings (SSSR count). The molecule has 0 aliphatic carbocycles. The minimum absolute atomic E-state index is 0.0521. The Kier molecular flexibility index (Phi) is 3.30. The maximum atomic E-state index is 12.5. The Bertz CT molecular complexity index is 520. The Hall–Kier alpha value is -1.91. The fourth-order valence-corrected chi connectivity index (χ4v) is 2.14. The molecular formula is C14H19N3O2. The van der Waals surface area contributed by atoms with Gasteiger partial charge in [-0.1, -0.05) is 20.8 Å². The van der Waals surface area contributed by atoms with Crippen molar-refractivity contribution in [1.82, 2.24) is 10.3 Å². The van der Waals surface area contributed by atoms with Crippen molar-refractivity contribution >= 4 is 17.5 Å². The quantitative estimate of drug-likeness (QED) is 0.828. The first-order valence-corrected chi connectivity index (χ1v) is 6.31. The molecule has 1 fully saturated rings. The van der Waals surface area contributed by atoms with Gasteiger partial charge in [0, 0.05) is 6.20 Å². The van der Waals surface area contributed by atoms with E-state index in [0.717, 1.165) is 5.56 Å². The van der Waals surface area contributed by atoms with Crippen LogP contribution in [0.25, 0.3) is 0 Å². The number of aromatic nitrogens is 1. The average molecular weight is 261 g/mol. The summed E-state index contributed by atoms with van der Waals surface area (Å²) in [5.41, 5.74) is 1.32. The lowest BCUT2D eigenvalue weighted by molar-refractivity contribution is -0.133. The van der Waals surface area contributed by atoms with Crippen LogP contribution in [0.4, 0.5) is 5.69 Å². The van der Waals surface area contributed by atoms with Crippen molar-refractivity contribution in [3.8, 4) is 0 Å². The molecule has 1 aliphatic rings. The van der Waals surface area contributed by atoms with Crippen molar-refractivity contribution in [3.63, 3.8) is 0 Å². The highest BCUT2D eigenvalue weighted by molar-refractivity contribution is 6.06. The Balaban J connectivity index is 2.35. The van der Waals surface area contributed by atoms with Crippen LogP contribution in [-0.4, -0.2) is 29.4 Å². The molecule has 0 aromatic carbocycles. The number of nitrogens with zero attached hydrogens (tertiary/aromatic N) is 2. The molecule has 0 spiro atoms. The van der Waals surface area contributed by atoms with E-state index in [-0.39, 0.29) is 23.8 Å². The van der Waals surface area contributed by atoms with Crippen LogP contribution in [-0.2, 0) is 9.59 Å². The zero-order chi connectivity index (χ0) is 14.2. The number of pyridine rings is 1. The van der Waals surface area contributed by atoms with Crippen molar-refractivity contribution in [2.75, 3.05) is 11.4 Å². The molecule has 102 valence electrons. The van der Waals surface area contributed by atoms with Gasteiger partial charge in [0.15, 0.2) is 0 Å². The van der Waals surface area contributed by atoms with Gasteiger partial charge in [0.05, 0.1) is 11.9 Å². The molecule has 0 radical (unpaired) electrons. The van der Waals surface area contributed by atoms with Gasteiger partial charge in [-0.2, -0.15) is 0 Å². The standard InChI is InChI=1S/C14H19N3O2/c1-9-5-10(7-15-6-9)17-8-11(18)16-12(13(17)19)14(2,3)4/h5-7,12H,8H2,1-4H3,(H,16,18). The second kappa shape index (κ2) is 4.64. The predicted molar refractivity (Wildman–Crippen MR) is 72.7 cm³/mol. The monoisotopic (exact) mass is 261 g/mol. The molecule has 0 saturated carbocycles. The van der Waals surface area contributed by atoms with E-state index in [0.29, 0.717) is 5.69 Å². The van der Waals surface area contributed by atoms with E-state index >= 15 is 0 Å². The SMILES string of the molecule is Cc1cncc(N2CC(=O)NC(C(C)(C)C)C2=O)c1. The third-order valence-corrected chi connectivity index (χ3v) is 3.16. The van der Waals surface area contributed by atoms with Crippen LogP contribution < -0.4 is 10.2 Å². The molecule has 1 unspecified atom stereocenters. The number of aryl methyl sites for hydroxylation is 1. The summed E-state index contributed by atoms with van der Waals surface area (Å²) in [6, 6.07) is 1.36. The van der Waals surface area contributed by atoms with Crippen molar-refractivity contribution in [2.45, 2.75) is 33.7 Å². The Labute approximate surface area is 113 Å². The third-order valence-electron chi connectivity index (χ3n) is 3.16. The van der Waals surface area contributed by atoms with E-state index in [9.17, 15) is 9.59 Å². The average Bonchev–Trinajstić information content (AvgIpc) is 2.30. The first kappa shape index (κ1) is 13.5. The first-order valence-electron chi connectivity index (χ1n) is 6.31. The van der Waals surface area contributed by atoms with Crippen molar-refractivity contribution in [1.29, 1.82) is 0 Å². The number of hydrogen-bond donors (Lipinski definition) is 1. The van der Waals surface area contributed by atoms with Gasteiger partial charge in [0.2, 0.25) is 5.91 Å². The molecule has 19 heavy (non-hydrogen) atoms. The maximum Gasteiger partial charge on any atom is 0.250 e. The fourth-order valence-electron chi connectivity index (χ4n) is 2.14. The van der Waals surface area contributed by atoms with E-state index in [1.54, 1.807) is 12.4 Å². The fraction of sp³-hybridized carbons (Fsp3) is 0.500. The Morgan fingerprint density at radius 2 is 2.00 bits per heavy atom. The lowest BCUT2D eigenvalue weighted by Gasteiger charge is -2.38. The molecule has 2 amide bonds. The summed E-state index contributed by atoms with van der Waals surface area (Å²) in [6.45, 7) is 7.78. The molecule has 1 aliphatic heterocycles. The lowest BCUT2D eigenvalue weighted by Crippen LogP contribution is -2.62. The first-order chi connectivity index (χ1) is 8.79. The number of nitrogens with one attached hydrogen (secondary N) is 1. The number of rotatable bonds is 1. The highest BCUT2D eigenvalue weighted by Gasteiger charge is 2.40. The number of hydrogen-bond acceptors (Lipinski definition) is 3. The molecule has 5 nitrogen and oxygen atoms in total. The lowest BCUT2D eigenvalue weighted by atomic mass is 9.84. The Morgan fingerprint density at radius 1 is 1.32 bits per heavy atom. The molecule has 1 N–H and O–H groups in total. The second-order valence-electron chi connectivity index (χ2n) is 6.01. The van der Waals surface area contributed by atoms with Gasteiger partial charge < -0.3 is 5.32 Å². The number of carbonyl (C=O) groups excluding carboxylic acids is 2. The molecule has 1 aromatic heterocycles. The second-order valence-corrected chi connectivity index (χ2v) is 6.01. The highest BCUT2D eigenvalue weighted by atomic mass is 16.2. The summed E-state index contributed by atoms with van der Waals surface area (Å²) < 4.78 is 0. The van der Waals surface area contributed by atoms with Crippen LogP contribution in [0.2, 0.25) is 0 Å². The van der Waals surface area contributed by atoms with E-state index in [2.05, 4.69) is 10.3 Å². The van der Waals surface area contributed by atoms with E-state index in [4.69, 9.17) is 0 Å². The molecule has 1 saturated heterocycles. The predicted octanol–water partition coefficient (Wildman–Crippen LogP) is 1.27. The Morgan fingerprint density at radius 3 is 2.58 bits per heavy atom. The number of carbonyl (C=O) groups is 2. The van der Waals surface area contributed by atoms with E-state index in [1.807, 2.05) is 33.8 Å². The van der Waals surface area contributed by atoms with Crippen LogP contribution in [0.5, 0.6) is 0 Å². The smallest absolute Gasteiger partial charge is 0.250 e. The van der Waals surface area contributed by atoms with E-state index in [1.165, 1.54) is 4.90 Å². The van der Waals surface area contributed by atoms with Gasteiger partial charge in [-0.3, -0.25) is 19.5 Å². The zero-order valence-electron chi connectivity index (χ0n) is 11.7. The van der Waals surface area contributed by atoms with Crippen LogP contribution in [0.1, 0.15) is 26.3 Å². The molecule has 1 aromatic rings. The largest absolute Gasteiger partial charge is 0.342 e. The molecule has 1 atom stereocenters. The summed E-state index contributed by atoms with van der Waals surface area (Å²) in [7, 11) is 0. The number of amides is 2. The van der Waals surface area contributed by atoms with Gasteiger partial charge in [-0.05, 0) is 24.0 Å². The summed E-state index contributed by atoms with van der Waals surface area (Å²) in [6.07, 6.45) is 3.34. The molecule has 2 heterocycles. The zero-order valence-corrected chi connectivity index (χ0v) is 11.7. The number of piperazine rings is 1. The van der Waals surface area contributed by atoms with Crippen molar-refractivity contribution in [2.24, 2.45) is 5.41 Å². The summed E-state index contributed by atoms with van der Waals surface area (Å²) >= 11 is 0. The maximum absolute atomic E-state index is 12.5. The van der Waals surface area contributed by atoms with Crippen molar-refractivity contribution < 1.29 is 9.59 Å². The number of anilines is 1. The molecule has 0 bridgehead atoms. The van der Waals surface area contributed by atoms with Crippen molar-refractivity contribution in [3.05, 3.63) is 24.0 Å². The van der Waals surface area contributed by atoms with E-state index < -0.39 is 6.04 Å². The van der Waals surface area contributed by atoms with Crippen LogP contribution in [0.3, 0.4) is 0 Å². The minimum Gasteiger partial charge on any atom is -0.342 e. The van der Waals surface area contributed by atoms with Gasteiger partial charge in [0.1, 0.15) is 12.6 Å². The molecule has 5 heteroatoms. The topological polar surface area (TPSA) is 62.3 Å². The van der Waals surface area contributed by atoms with Crippen LogP contribution >= 0.6 is 0 Å². The van der Waals surface area contributed by atoms with Gasteiger partial charge in [0.25, 0.3) is 5.91 Å². The summed E-state index contributed by atoms with van der Waals surface area (Å²) in [4.78, 5) is 29.9. The summed E-state index contributed by atoms with van der Waals surface area (Å²) in [5.74, 6) is -0.222. The van der Waals surface area contributed by atoms with Gasteiger partial charge in [-0.25, -0.2) is 0 Å².